The fourth-order valence-electron chi connectivity index (χ4n) is 10.5. The van der Waals surface area contributed by atoms with E-state index in [-0.39, 0.29) is 47.7 Å². The van der Waals surface area contributed by atoms with Crippen LogP contribution >= 0.6 is 22.7 Å². The average Bonchev–Trinajstić information content (AvgIpc) is 4.22. The van der Waals surface area contributed by atoms with Crippen molar-refractivity contribution in [3.63, 3.8) is 0 Å². The van der Waals surface area contributed by atoms with Gasteiger partial charge in [0, 0.05) is 59.9 Å². The van der Waals surface area contributed by atoms with E-state index in [0.29, 0.717) is 51.1 Å². The van der Waals surface area contributed by atoms with Gasteiger partial charge in [-0.2, -0.15) is 10.2 Å². The Morgan fingerprint density at radius 2 is 1.97 bits per heavy atom. The number of nitrogens with zero attached hydrogens (tertiary/aromatic N) is 12. The first kappa shape index (κ1) is 51.3. The highest BCUT2D eigenvalue weighted by atomic mass is 32.1. The van der Waals surface area contributed by atoms with Crippen LogP contribution in [0.2, 0.25) is 0 Å². The summed E-state index contributed by atoms with van der Waals surface area (Å²) in [6.07, 6.45) is 7.46. The third kappa shape index (κ3) is 10.5. The number of aromatic nitrogens is 8. The quantitative estimate of drug-likeness (QED) is 0.0770. The second kappa shape index (κ2) is 21.5. The number of phenols is 1. The average molecular weight is 1040 g/mol. The third-order valence-electron chi connectivity index (χ3n) is 14.3. The molecule has 2 saturated heterocycles. The normalized spacial score (nSPS) is 21.2. The fourth-order valence-corrected chi connectivity index (χ4v) is 12.5. The van der Waals surface area contributed by atoms with E-state index >= 15 is 4.39 Å². The van der Waals surface area contributed by atoms with Crippen molar-refractivity contribution in [1.82, 2.24) is 55.2 Å². The monoisotopic (exact) mass is 1040 g/mol. The number of aromatic hydroxyl groups is 1. The number of rotatable bonds is 16. The zero-order valence-corrected chi connectivity index (χ0v) is 43.4. The van der Waals surface area contributed by atoms with E-state index in [2.05, 4.69) is 53.5 Å². The highest BCUT2D eigenvalue weighted by Gasteiger charge is 2.45. The summed E-state index contributed by atoms with van der Waals surface area (Å²) in [5.41, 5.74) is 10.2. The predicted octanol–water partition coefficient (Wildman–Crippen LogP) is 6.35. The molecule has 386 valence electrons. The van der Waals surface area contributed by atoms with Gasteiger partial charge in [0.25, 0.3) is 5.88 Å². The Morgan fingerprint density at radius 1 is 1.15 bits per heavy atom. The molecular weight excluding hydrogens is 976 g/mol. The number of hydrogen-bond donors (Lipinski definition) is 4. The van der Waals surface area contributed by atoms with Gasteiger partial charge in [0.1, 0.15) is 40.4 Å². The second-order valence-electron chi connectivity index (χ2n) is 19.9. The number of nitrogen functional groups attached to an aromatic ring is 1. The largest absolute Gasteiger partial charge is 0.508 e. The van der Waals surface area contributed by atoms with Gasteiger partial charge in [-0.1, -0.05) is 29.3 Å². The SMILES string of the molecule is Cc1ncsc1-c1cc(O)c([C@H](C)NC(=O)[C@@H]2C[C@@H](O)CN2C(=O)[C@H](C(C)C)n2cc(OCCCCN3CCCN(c4nccc(-c5noc([C@@]6(C)CCCc7sc(N)c(C#N)c76)n5)n4)[C@@H](C)C3)nn2)cc1F. The Labute approximate surface area is 430 Å². The number of hydrogen-bond acceptors (Lipinski definition) is 19. The van der Waals surface area contributed by atoms with Gasteiger partial charge in [-0.25, -0.2) is 24.0 Å². The van der Waals surface area contributed by atoms with Crippen LogP contribution in [0.4, 0.5) is 15.3 Å². The summed E-state index contributed by atoms with van der Waals surface area (Å²) >= 11 is 2.73. The van der Waals surface area contributed by atoms with E-state index in [0.717, 1.165) is 75.1 Å². The maximum Gasteiger partial charge on any atom is 0.253 e. The van der Waals surface area contributed by atoms with Crippen LogP contribution in [-0.2, 0) is 21.4 Å². The predicted molar refractivity (Wildman–Crippen MR) is 271 cm³/mol. The van der Waals surface area contributed by atoms with Crippen LogP contribution in [0.1, 0.15) is 118 Å². The number of aliphatic hydroxyl groups is 1. The molecule has 5 aromatic heterocycles. The molecule has 23 heteroatoms. The molecule has 2 aliphatic heterocycles. The van der Waals surface area contributed by atoms with Gasteiger partial charge < -0.3 is 45.2 Å². The molecule has 2 amide bonds. The summed E-state index contributed by atoms with van der Waals surface area (Å²) in [7, 11) is 0. The van der Waals surface area contributed by atoms with Gasteiger partial charge in [0.05, 0.1) is 52.0 Å². The number of thiazole rings is 1. The molecule has 6 aromatic rings. The second-order valence-corrected chi connectivity index (χ2v) is 21.9. The van der Waals surface area contributed by atoms with E-state index in [1.807, 2.05) is 20.8 Å². The van der Waals surface area contributed by atoms with Gasteiger partial charge in [-0.15, -0.1) is 22.7 Å². The first-order valence-corrected chi connectivity index (χ1v) is 26.5. The molecule has 0 spiro atoms. The highest BCUT2D eigenvalue weighted by Crippen LogP contribution is 2.48. The van der Waals surface area contributed by atoms with Crippen molar-refractivity contribution in [2.75, 3.05) is 50.0 Å². The highest BCUT2D eigenvalue weighted by molar-refractivity contribution is 7.16. The third-order valence-corrected chi connectivity index (χ3v) is 16.3. The minimum atomic E-state index is -1.02. The van der Waals surface area contributed by atoms with Crippen molar-refractivity contribution in [2.24, 2.45) is 5.92 Å². The van der Waals surface area contributed by atoms with Crippen LogP contribution < -0.4 is 20.7 Å². The molecule has 2 fully saturated rings. The number of carbonyl (C=O) groups excluding carboxylic acids is 2. The van der Waals surface area contributed by atoms with Crippen molar-refractivity contribution < 1.29 is 33.5 Å². The van der Waals surface area contributed by atoms with Crippen LogP contribution in [0.5, 0.6) is 11.6 Å². The molecule has 9 rings (SSSR count). The Morgan fingerprint density at radius 3 is 2.74 bits per heavy atom. The molecular formula is C50H61FN14O6S2. The van der Waals surface area contributed by atoms with Gasteiger partial charge in [-0.3, -0.25) is 9.59 Å². The standard InChI is InChI=1S/C50H61FN14O6S2/c1-27(2)42(47(69)64-24-31(66)19-37(64)46(68)56-29(4)32-20-35(51)33(21-38(32)67)43-30(5)55-26-72-43)65-25-40(59-61-65)70-18-8-7-15-62-16-10-17-63(28(3)23-62)49-54-14-12-36(57-49)45-58-48(71-60-45)50(6)13-9-11-39-41(50)34(22-52)44(53)73-39/h12,14,20-21,25-29,31,37,42,66-67H,7-11,13,15-19,23-24,53H2,1-6H3,(H,56,68)/t28-,29-,31+,37-,42-,50-/m0/s1. The number of likely N-dealkylation sites (tertiary alicyclic amines) is 1. The number of ether oxygens (including phenoxy) is 1. The van der Waals surface area contributed by atoms with Crippen LogP contribution in [-0.4, -0.2) is 129 Å². The Hall–Kier alpha value is -6.61. The molecule has 0 saturated carbocycles. The first-order chi connectivity index (χ1) is 35.0. The molecule has 0 bridgehead atoms. The summed E-state index contributed by atoms with van der Waals surface area (Å²) < 4.78 is 28.7. The summed E-state index contributed by atoms with van der Waals surface area (Å²) in [6.45, 7) is 15.0. The summed E-state index contributed by atoms with van der Waals surface area (Å²) in [5, 5.41) is 47.7. The molecule has 6 atom stereocenters. The van der Waals surface area contributed by atoms with Crippen LogP contribution in [0, 0.1) is 30.0 Å². The number of nitriles is 1. The van der Waals surface area contributed by atoms with Crippen molar-refractivity contribution in [3.8, 4) is 39.7 Å². The Balaban J connectivity index is 0.757. The van der Waals surface area contributed by atoms with Gasteiger partial charge >= 0.3 is 0 Å². The summed E-state index contributed by atoms with van der Waals surface area (Å²) in [6, 6.07) is 4.04. The maximum atomic E-state index is 15.3. The number of nitrogens with two attached hydrogens (primary N) is 1. The maximum absolute atomic E-state index is 15.3. The number of carbonyl (C=O) groups is 2. The van der Waals surface area contributed by atoms with Crippen LogP contribution in [0.3, 0.4) is 0 Å². The zero-order chi connectivity index (χ0) is 51.7. The fraction of sp³-hybridized carbons (Fsp3) is 0.520. The summed E-state index contributed by atoms with van der Waals surface area (Å²) in [4.78, 5) is 54.3. The molecule has 0 radical (unpaired) electrons. The number of fused-ring (bicyclic) bond motifs is 1. The number of phenolic OH excluding ortho intramolecular Hbond substituents is 1. The number of unbranched alkanes of at least 4 members (excludes halogenated alkanes) is 1. The molecule has 73 heavy (non-hydrogen) atoms. The van der Waals surface area contributed by atoms with Gasteiger partial charge in [-0.05, 0) is 103 Å². The number of anilines is 2. The van der Waals surface area contributed by atoms with E-state index in [4.69, 9.17) is 25.0 Å². The lowest BCUT2D eigenvalue weighted by atomic mass is 9.72. The Kier molecular flexibility index (Phi) is 15.1. The van der Waals surface area contributed by atoms with E-state index in [9.17, 15) is 25.1 Å². The molecule has 20 nitrogen and oxygen atoms in total. The zero-order valence-electron chi connectivity index (χ0n) is 41.8. The molecule has 0 unspecified atom stereocenters. The molecule has 7 heterocycles. The molecule has 3 aliphatic rings. The van der Waals surface area contributed by atoms with Crippen molar-refractivity contribution >= 4 is 45.4 Å². The van der Waals surface area contributed by atoms with Crippen molar-refractivity contribution in [2.45, 2.75) is 122 Å². The van der Waals surface area contributed by atoms with E-state index in [1.54, 1.807) is 37.8 Å². The molecule has 5 N–H and O–H groups in total. The number of aryl methyl sites for hydroxylation is 2. The summed E-state index contributed by atoms with van der Waals surface area (Å²) in [5.74, 6) is -0.315. The number of aliphatic hydroxyl groups excluding tert-OH is 1. The minimum Gasteiger partial charge on any atom is -0.508 e. The molecule has 1 aliphatic carbocycles. The van der Waals surface area contributed by atoms with Gasteiger partial charge in [0.2, 0.25) is 29.5 Å². The Bertz CT molecular complexity index is 3010. The lowest BCUT2D eigenvalue weighted by Gasteiger charge is -2.30. The smallest absolute Gasteiger partial charge is 0.253 e. The minimum absolute atomic E-state index is 0.00662. The number of β-amino-alcohol motifs (C(OH)–C–C–N with tert-alkyl or cyclic N) is 1. The lowest BCUT2D eigenvalue weighted by molar-refractivity contribution is -0.142. The number of nitrogens with one attached hydrogen (secondary N) is 1. The van der Waals surface area contributed by atoms with Crippen molar-refractivity contribution in [1.29, 1.82) is 5.26 Å². The number of thiophene rings is 1. The lowest BCUT2D eigenvalue weighted by Crippen LogP contribution is -2.49. The topological polar surface area (TPSA) is 264 Å². The van der Waals surface area contributed by atoms with Gasteiger partial charge in [0.15, 0.2) is 0 Å². The number of halogens is 1. The number of benzene rings is 1. The van der Waals surface area contributed by atoms with Crippen LogP contribution in [0.15, 0.2) is 40.6 Å². The first-order valence-electron chi connectivity index (χ1n) is 24.8. The number of amides is 2. The molecule has 1 aromatic carbocycles. The van der Waals surface area contributed by atoms with E-state index in [1.165, 1.54) is 44.4 Å². The van der Waals surface area contributed by atoms with Crippen LogP contribution in [0.25, 0.3) is 22.0 Å². The van der Waals surface area contributed by atoms with E-state index < -0.39 is 47.3 Å². The van der Waals surface area contributed by atoms with Crippen molar-refractivity contribution in [3.05, 3.63) is 75.1 Å².